The third-order valence-electron chi connectivity index (χ3n) is 1.71. The Morgan fingerprint density at radius 2 is 1.60 bits per heavy atom. The summed E-state index contributed by atoms with van der Waals surface area (Å²) in [6.07, 6.45) is 0. The number of hydrogen-bond donors (Lipinski definition) is 1. The highest BCUT2D eigenvalue weighted by atomic mass is 35.5. The molecule has 0 radical (unpaired) electrons. The third-order valence-corrected chi connectivity index (χ3v) is 2.31. The molecule has 80 valence electrons. The van der Waals surface area contributed by atoms with Crippen LogP contribution in [0.1, 0.15) is 24.2 Å². The van der Waals surface area contributed by atoms with Gasteiger partial charge in [-0.2, -0.15) is 0 Å². The number of anilines is 1. The van der Waals surface area contributed by atoms with Gasteiger partial charge in [-0.3, -0.25) is 9.59 Å². The van der Waals surface area contributed by atoms with Gasteiger partial charge in [-0.1, -0.05) is 23.2 Å². The molecule has 3 nitrogen and oxygen atoms in total. The van der Waals surface area contributed by atoms with Crippen LogP contribution in [0.15, 0.2) is 12.1 Å². The number of rotatable bonds is 2. The Kier molecular flexibility index (Phi) is 3.72. The Morgan fingerprint density at radius 3 is 1.93 bits per heavy atom. The lowest BCUT2D eigenvalue weighted by molar-refractivity contribution is -0.114. The largest absolute Gasteiger partial charge is 0.326 e. The van der Waals surface area contributed by atoms with Crippen LogP contribution in [0.4, 0.5) is 5.69 Å². The van der Waals surface area contributed by atoms with Crippen molar-refractivity contribution in [2.45, 2.75) is 13.8 Å². The predicted molar refractivity (Wildman–Crippen MR) is 60.8 cm³/mol. The molecule has 0 spiro atoms. The summed E-state index contributed by atoms with van der Waals surface area (Å²) in [6, 6.07) is 2.98. The van der Waals surface area contributed by atoms with Crippen LogP contribution in [0.5, 0.6) is 0 Å². The summed E-state index contributed by atoms with van der Waals surface area (Å²) < 4.78 is 0. The van der Waals surface area contributed by atoms with Crippen molar-refractivity contribution in [3.8, 4) is 0 Å². The average molecular weight is 246 g/mol. The molecule has 1 rings (SSSR count). The van der Waals surface area contributed by atoms with E-state index in [0.717, 1.165) is 0 Å². The lowest BCUT2D eigenvalue weighted by Gasteiger charge is -2.07. The van der Waals surface area contributed by atoms with Gasteiger partial charge in [0, 0.05) is 12.6 Å². The van der Waals surface area contributed by atoms with Crippen LogP contribution in [-0.2, 0) is 4.79 Å². The van der Waals surface area contributed by atoms with E-state index in [0.29, 0.717) is 5.69 Å². The molecule has 0 aliphatic rings. The molecular formula is C10H9Cl2NO2. The van der Waals surface area contributed by atoms with Crippen molar-refractivity contribution in [3.05, 3.63) is 27.7 Å². The van der Waals surface area contributed by atoms with Crippen LogP contribution >= 0.6 is 23.2 Å². The number of benzene rings is 1. The normalized spacial score (nSPS) is 9.87. The molecule has 0 aliphatic carbocycles. The molecule has 0 saturated heterocycles. The molecule has 1 aromatic carbocycles. The molecule has 0 fully saturated rings. The molecule has 1 amide bonds. The van der Waals surface area contributed by atoms with E-state index in [4.69, 9.17) is 23.2 Å². The molecule has 0 saturated carbocycles. The van der Waals surface area contributed by atoms with Gasteiger partial charge in [0.05, 0.1) is 15.6 Å². The first-order valence-corrected chi connectivity index (χ1v) is 4.95. The summed E-state index contributed by atoms with van der Waals surface area (Å²) in [4.78, 5) is 22.0. The second-order valence-electron chi connectivity index (χ2n) is 3.05. The fourth-order valence-electron chi connectivity index (χ4n) is 1.18. The maximum Gasteiger partial charge on any atom is 0.221 e. The zero-order valence-electron chi connectivity index (χ0n) is 8.23. The Balaban J connectivity index is 3.19. The van der Waals surface area contributed by atoms with Crippen LogP contribution in [0.25, 0.3) is 0 Å². The van der Waals surface area contributed by atoms with Gasteiger partial charge in [-0.15, -0.1) is 0 Å². The quantitative estimate of drug-likeness (QED) is 0.814. The number of nitrogens with one attached hydrogen (secondary N) is 1. The van der Waals surface area contributed by atoms with Crippen molar-refractivity contribution in [2.24, 2.45) is 0 Å². The van der Waals surface area contributed by atoms with Crippen molar-refractivity contribution in [3.63, 3.8) is 0 Å². The highest BCUT2D eigenvalue weighted by Crippen LogP contribution is 2.29. The highest BCUT2D eigenvalue weighted by Gasteiger charge is 2.12. The first kappa shape index (κ1) is 12.0. The fourth-order valence-corrected chi connectivity index (χ4v) is 1.94. The molecule has 1 aromatic rings. The van der Waals surface area contributed by atoms with Gasteiger partial charge in [0.25, 0.3) is 0 Å². The summed E-state index contributed by atoms with van der Waals surface area (Å²) in [6.45, 7) is 2.76. The molecule has 1 N–H and O–H groups in total. The van der Waals surface area contributed by atoms with Crippen LogP contribution in [0, 0.1) is 0 Å². The number of carbonyl (C=O) groups excluding carboxylic acids is 2. The number of ketones is 1. The van der Waals surface area contributed by atoms with E-state index >= 15 is 0 Å². The van der Waals surface area contributed by atoms with Gasteiger partial charge in [0.2, 0.25) is 5.91 Å². The SMILES string of the molecule is CC(=O)Nc1cc(Cl)c(C(C)=O)c(Cl)c1. The van der Waals surface area contributed by atoms with Crippen LogP contribution in [0.2, 0.25) is 10.0 Å². The van der Waals surface area contributed by atoms with E-state index in [1.54, 1.807) is 0 Å². The minimum absolute atomic E-state index is 0.209. The van der Waals surface area contributed by atoms with Crippen LogP contribution in [0.3, 0.4) is 0 Å². The molecule has 5 heteroatoms. The van der Waals surface area contributed by atoms with E-state index in [1.807, 2.05) is 0 Å². The van der Waals surface area contributed by atoms with Crippen LogP contribution < -0.4 is 5.32 Å². The number of hydrogen-bond acceptors (Lipinski definition) is 2. The smallest absolute Gasteiger partial charge is 0.221 e. The second-order valence-corrected chi connectivity index (χ2v) is 3.87. The standard InChI is InChI=1S/C10H9Cl2NO2/c1-5(14)10-8(11)3-7(4-9(10)12)13-6(2)15/h3-4H,1-2H3,(H,13,15). The topological polar surface area (TPSA) is 46.2 Å². The maximum absolute atomic E-state index is 11.2. The van der Waals surface area contributed by atoms with E-state index in [2.05, 4.69) is 5.32 Å². The summed E-state index contributed by atoms with van der Waals surface area (Å²) in [5, 5.41) is 3.00. The Morgan fingerprint density at radius 1 is 1.13 bits per heavy atom. The number of Topliss-reactive ketones (excluding diaryl/α,β-unsaturated/α-hetero) is 1. The Bertz CT molecular complexity index is 406. The van der Waals surface area contributed by atoms with E-state index < -0.39 is 0 Å². The Labute approximate surface area is 97.4 Å². The molecule has 0 aliphatic heterocycles. The fraction of sp³-hybridized carbons (Fsp3) is 0.200. The third kappa shape index (κ3) is 2.94. The second kappa shape index (κ2) is 4.64. The van der Waals surface area contributed by atoms with E-state index in [-0.39, 0.29) is 27.3 Å². The minimum atomic E-state index is -0.224. The maximum atomic E-state index is 11.2. The number of amides is 1. The predicted octanol–water partition coefficient (Wildman–Crippen LogP) is 3.15. The zero-order chi connectivity index (χ0) is 11.6. The molecule has 0 unspecified atom stereocenters. The average Bonchev–Trinajstić information content (AvgIpc) is 1.99. The molecule has 0 heterocycles. The highest BCUT2D eigenvalue weighted by molar-refractivity contribution is 6.40. The van der Waals surface area contributed by atoms with E-state index in [9.17, 15) is 9.59 Å². The minimum Gasteiger partial charge on any atom is -0.326 e. The van der Waals surface area contributed by atoms with Crippen molar-refractivity contribution in [1.82, 2.24) is 0 Å². The Hall–Kier alpha value is -1.06. The molecule has 15 heavy (non-hydrogen) atoms. The molecule has 0 atom stereocenters. The molecule has 0 aromatic heterocycles. The van der Waals surface area contributed by atoms with Gasteiger partial charge in [-0.05, 0) is 19.1 Å². The summed E-state index contributed by atoms with van der Waals surface area (Å²) in [5.41, 5.74) is 0.745. The van der Waals surface area contributed by atoms with Crippen molar-refractivity contribution in [2.75, 3.05) is 5.32 Å². The van der Waals surface area contributed by atoms with Gasteiger partial charge < -0.3 is 5.32 Å². The van der Waals surface area contributed by atoms with Crippen molar-refractivity contribution in [1.29, 1.82) is 0 Å². The van der Waals surface area contributed by atoms with Crippen molar-refractivity contribution >= 4 is 40.6 Å². The first-order chi connectivity index (χ1) is 6.91. The number of halogens is 2. The van der Waals surface area contributed by atoms with Gasteiger partial charge in [0.1, 0.15) is 0 Å². The summed E-state index contributed by atoms with van der Waals surface area (Å²) >= 11 is 11.7. The molecule has 0 bridgehead atoms. The van der Waals surface area contributed by atoms with E-state index in [1.165, 1.54) is 26.0 Å². The summed E-state index contributed by atoms with van der Waals surface area (Å²) in [5.74, 6) is -0.433. The zero-order valence-corrected chi connectivity index (χ0v) is 9.74. The monoisotopic (exact) mass is 245 g/mol. The first-order valence-electron chi connectivity index (χ1n) is 4.19. The lowest BCUT2D eigenvalue weighted by Crippen LogP contribution is -2.06. The molecular weight excluding hydrogens is 237 g/mol. The van der Waals surface area contributed by atoms with Crippen LogP contribution in [-0.4, -0.2) is 11.7 Å². The summed E-state index contributed by atoms with van der Waals surface area (Å²) in [7, 11) is 0. The lowest BCUT2D eigenvalue weighted by atomic mass is 10.1. The van der Waals surface area contributed by atoms with Gasteiger partial charge in [0.15, 0.2) is 5.78 Å². The van der Waals surface area contributed by atoms with Gasteiger partial charge in [-0.25, -0.2) is 0 Å². The number of carbonyl (C=O) groups is 2. The van der Waals surface area contributed by atoms with Crippen molar-refractivity contribution < 1.29 is 9.59 Å². The van der Waals surface area contributed by atoms with Gasteiger partial charge >= 0.3 is 0 Å².